The molecule has 0 aliphatic heterocycles. The van der Waals surface area contributed by atoms with Crippen LogP contribution in [-0.2, 0) is 9.84 Å². The number of hydrogen-bond acceptors (Lipinski definition) is 3. The van der Waals surface area contributed by atoms with Crippen LogP contribution in [0.1, 0.15) is 0 Å². The average Bonchev–Trinajstić information content (AvgIpc) is 2.30. The van der Waals surface area contributed by atoms with Crippen molar-refractivity contribution in [3.8, 4) is 0 Å². The number of sulfone groups is 1. The zero-order valence-electron chi connectivity index (χ0n) is 8.17. The number of rotatable bonds is 2. The van der Waals surface area contributed by atoms with Gasteiger partial charge < -0.3 is 0 Å². The van der Waals surface area contributed by atoms with E-state index in [2.05, 4.69) is 4.98 Å². The molecule has 0 bridgehead atoms. The number of pyridine rings is 1. The van der Waals surface area contributed by atoms with E-state index < -0.39 is 9.84 Å². The molecule has 82 valence electrons. The zero-order valence-corrected chi connectivity index (χ0v) is 9.74. The van der Waals surface area contributed by atoms with Crippen molar-refractivity contribution >= 4 is 21.4 Å². The standard InChI is InChI=1S/C11H8ClNO2S/c12-10-8-13-7-6-11(10)16(14,15)9-4-2-1-3-5-9/h1-8H. The molecule has 3 nitrogen and oxygen atoms in total. The summed E-state index contributed by atoms with van der Waals surface area (Å²) < 4.78 is 24.3. The minimum atomic E-state index is -3.54. The minimum absolute atomic E-state index is 0.0790. The van der Waals surface area contributed by atoms with E-state index in [1.54, 1.807) is 18.2 Å². The summed E-state index contributed by atoms with van der Waals surface area (Å²) in [5.74, 6) is 0. The summed E-state index contributed by atoms with van der Waals surface area (Å²) in [6, 6.07) is 9.56. The van der Waals surface area contributed by atoms with Gasteiger partial charge in [0.2, 0.25) is 9.84 Å². The highest BCUT2D eigenvalue weighted by Gasteiger charge is 2.19. The highest BCUT2D eigenvalue weighted by molar-refractivity contribution is 7.91. The van der Waals surface area contributed by atoms with Crippen LogP contribution in [0.2, 0.25) is 5.02 Å². The maximum atomic E-state index is 12.1. The van der Waals surface area contributed by atoms with Crippen molar-refractivity contribution in [3.63, 3.8) is 0 Å². The molecule has 1 aromatic carbocycles. The highest BCUT2D eigenvalue weighted by Crippen LogP contribution is 2.25. The van der Waals surface area contributed by atoms with Crippen molar-refractivity contribution in [2.24, 2.45) is 0 Å². The smallest absolute Gasteiger partial charge is 0.208 e. The molecule has 2 rings (SSSR count). The van der Waals surface area contributed by atoms with Crippen molar-refractivity contribution in [2.45, 2.75) is 9.79 Å². The first-order valence-electron chi connectivity index (χ1n) is 4.52. The van der Waals surface area contributed by atoms with Gasteiger partial charge in [-0.3, -0.25) is 4.98 Å². The van der Waals surface area contributed by atoms with Gasteiger partial charge in [-0.2, -0.15) is 0 Å². The summed E-state index contributed by atoms with van der Waals surface area (Å²) >= 11 is 5.82. The van der Waals surface area contributed by atoms with Crippen molar-refractivity contribution in [1.82, 2.24) is 4.98 Å². The van der Waals surface area contributed by atoms with E-state index in [-0.39, 0.29) is 14.8 Å². The fourth-order valence-electron chi connectivity index (χ4n) is 1.31. The first-order valence-corrected chi connectivity index (χ1v) is 6.38. The van der Waals surface area contributed by atoms with Crippen LogP contribution in [-0.4, -0.2) is 13.4 Å². The first kappa shape index (κ1) is 11.1. The molecular weight excluding hydrogens is 246 g/mol. The Kier molecular flexibility index (Phi) is 2.94. The third-order valence-corrected chi connectivity index (χ3v) is 4.32. The quantitative estimate of drug-likeness (QED) is 0.826. The molecular formula is C11H8ClNO2S. The zero-order chi connectivity index (χ0) is 11.6. The van der Waals surface area contributed by atoms with Gasteiger partial charge in [0, 0.05) is 12.4 Å². The molecule has 0 saturated heterocycles. The van der Waals surface area contributed by atoms with Crippen LogP contribution in [0.3, 0.4) is 0 Å². The van der Waals surface area contributed by atoms with Gasteiger partial charge in [-0.05, 0) is 18.2 Å². The van der Waals surface area contributed by atoms with Crippen molar-refractivity contribution in [3.05, 3.63) is 53.8 Å². The highest BCUT2D eigenvalue weighted by atomic mass is 35.5. The summed E-state index contributed by atoms with van der Waals surface area (Å²) in [4.78, 5) is 4.06. The molecule has 0 amide bonds. The molecule has 0 radical (unpaired) electrons. The van der Waals surface area contributed by atoms with E-state index in [0.29, 0.717) is 0 Å². The Labute approximate surface area is 98.6 Å². The van der Waals surface area contributed by atoms with E-state index in [9.17, 15) is 8.42 Å². The van der Waals surface area contributed by atoms with E-state index >= 15 is 0 Å². The Hall–Kier alpha value is -1.39. The van der Waals surface area contributed by atoms with Gasteiger partial charge in [0.1, 0.15) is 0 Å². The maximum absolute atomic E-state index is 12.1. The lowest BCUT2D eigenvalue weighted by molar-refractivity contribution is 0.596. The number of nitrogens with zero attached hydrogens (tertiary/aromatic N) is 1. The van der Waals surface area contributed by atoms with E-state index in [1.807, 2.05) is 0 Å². The molecule has 0 spiro atoms. The second kappa shape index (κ2) is 4.23. The number of hydrogen-bond donors (Lipinski definition) is 0. The Morgan fingerprint density at radius 1 is 1.06 bits per heavy atom. The van der Waals surface area contributed by atoms with Crippen LogP contribution in [0, 0.1) is 0 Å². The van der Waals surface area contributed by atoms with Crippen molar-refractivity contribution in [1.29, 1.82) is 0 Å². The van der Waals surface area contributed by atoms with Crippen LogP contribution in [0.5, 0.6) is 0 Å². The number of aromatic nitrogens is 1. The molecule has 0 unspecified atom stereocenters. The Balaban J connectivity index is 2.62. The van der Waals surface area contributed by atoms with Crippen LogP contribution in [0.25, 0.3) is 0 Å². The fourth-order valence-corrected chi connectivity index (χ4v) is 3.05. The summed E-state index contributed by atoms with van der Waals surface area (Å²) in [7, 11) is -3.54. The summed E-state index contributed by atoms with van der Waals surface area (Å²) in [6.07, 6.45) is 2.72. The average molecular weight is 254 g/mol. The van der Waals surface area contributed by atoms with Crippen molar-refractivity contribution in [2.75, 3.05) is 0 Å². The third kappa shape index (κ3) is 1.94. The summed E-state index contributed by atoms with van der Waals surface area (Å²) in [6.45, 7) is 0. The molecule has 16 heavy (non-hydrogen) atoms. The lowest BCUT2D eigenvalue weighted by Crippen LogP contribution is -2.02. The van der Waals surface area contributed by atoms with Crippen molar-refractivity contribution < 1.29 is 8.42 Å². The van der Waals surface area contributed by atoms with E-state index in [4.69, 9.17) is 11.6 Å². The minimum Gasteiger partial charge on any atom is -0.263 e. The van der Waals surface area contributed by atoms with Gasteiger partial charge >= 0.3 is 0 Å². The van der Waals surface area contributed by atoms with Gasteiger partial charge in [-0.25, -0.2) is 8.42 Å². The first-order chi connectivity index (χ1) is 7.62. The Morgan fingerprint density at radius 2 is 1.75 bits per heavy atom. The molecule has 1 aromatic heterocycles. The second-order valence-corrected chi connectivity index (χ2v) is 5.45. The van der Waals surface area contributed by atoms with Gasteiger partial charge in [0.15, 0.2) is 0 Å². The topological polar surface area (TPSA) is 47.0 Å². The molecule has 2 aromatic rings. The fraction of sp³-hybridized carbons (Fsp3) is 0. The van der Waals surface area contributed by atoms with Gasteiger partial charge in [0.05, 0.1) is 14.8 Å². The number of benzene rings is 1. The predicted octanol–water partition coefficient (Wildman–Crippen LogP) is 2.57. The third-order valence-electron chi connectivity index (χ3n) is 2.08. The van der Waals surface area contributed by atoms with E-state index in [1.165, 1.54) is 30.6 Å². The van der Waals surface area contributed by atoms with Gasteiger partial charge in [-0.15, -0.1) is 0 Å². The second-order valence-electron chi connectivity index (χ2n) is 3.12. The predicted molar refractivity (Wildman–Crippen MR) is 61.1 cm³/mol. The van der Waals surface area contributed by atoms with Gasteiger partial charge in [-0.1, -0.05) is 29.8 Å². The summed E-state index contributed by atoms with van der Waals surface area (Å²) in [5, 5.41) is 0.131. The van der Waals surface area contributed by atoms with E-state index in [0.717, 1.165) is 0 Å². The SMILES string of the molecule is O=S(=O)(c1ccccc1)c1ccncc1Cl. The molecule has 0 atom stereocenters. The van der Waals surface area contributed by atoms with Crippen LogP contribution in [0.4, 0.5) is 0 Å². The molecule has 0 aliphatic carbocycles. The lowest BCUT2D eigenvalue weighted by Gasteiger charge is -2.05. The molecule has 0 saturated carbocycles. The van der Waals surface area contributed by atoms with Gasteiger partial charge in [0.25, 0.3) is 0 Å². The van der Waals surface area contributed by atoms with Crippen LogP contribution < -0.4 is 0 Å². The van der Waals surface area contributed by atoms with Crippen LogP contribution >= 0.6 is 11.6 Å². The molecule has 0 N–H and O–H groups in total. The molecule has 0 fully saturated rings. The summed E-state index contributed by atoms with van der Waals surface area (Å²) in [5.41, 5.74) is 0. The number of halogens is 1. The molecule has 1 heterocycles. The largest absolute Gasteiger partial charge is 0.263 e. The normalized spacial score (nSPS) is 11.3. The molecule has 5 heteroatoms. The molecule has 0 aliphatic rings. The monoisotopic (exact) mass is 253 g/mol. The Morgan fingerprint density at radius 3 is 2.38 bits per heavy atom. The van der Waals surface area contributed by atoms with Crippen LogP contribution in [0.15, 0.2) is 58.6 Å². The maximum Gasteiger partial charge on any atom is 0.208 e. The lowest BCUT2D eigenvalue weighted by atomic mass is 10.4. The Bertz CT molecular complexity index is 596.